The van der Waals surface area contributed by atoms with E-state index in [1.807, 2.05) is 0 Å². The van der Waals surface area contributed by atoms with E-state index in [1.165, 1.54) is 7.11 Å². The van der Waals surface area contributed by atoms with Crippen molar-refractivity contribution in [2.24, 2.45) is 5.73 Å². The van der Waals surface area contributed by atoms with Gasteiger partial charge in [-0.1, -0.05) is 0 Å². The highest BCUT2D eigenvalue weighted by Crippen LogP contribution is 2.30. The SMILES string of the molecule is COC(=O)[C@@H](N)[C@H]1OC(C)(C)O[C@@H]1COc1ccc(OC)cc1. The van der Waals surface area contributed by atoms with E-state index in [4.69, 9.17) is 24.7 Å². The third kappa shape index (κ3) is 4.34. The van der Waals surface area contributed by atoms with Crippen LogP contribution in [-0.4, -0.2) is 50.8 Å². The van der Waals surface area contributed by atoms with Crippen molar-refractivity contribution in [2.75, 3.05) is 20.8 Å². The molecule has 0 aromatic heterocycles. The van der Waals surface area contributed by atoms with Gasteiger partial charge in [-0.25, -0.2) is 0 Å². The molecule has 1 saturated heterocycles. The molecule has 128 valence electrons. The van der Waals surface area contributed by atoms with Gasteiger partial charge in [-0.3, -0.25) is 4.79 Å². The summed E-state index contributed by atoms with van der Waals surface area (Å²) >= 11 is 0. The Morgan fingerprint density at radius 1 is 1.22 bits per heavy atom. The summed E-state index contributed by atoms with van der Waals surface area (Å²) in [5.41, 5.74) is 5.90. The molecule has 1 fully saturated rings. The Bertz CT molecular complexity index is 530. The Morgan fingerprint density at radius 3 is 2.39 bits per heavy atom. The van der Waals surface area contributed by atoms with Gasteiger partial charge in [-0.15, -0.1) is 0 Å². The molecule has 0 amide bonds. The Hall–Kier alpha value is -1.83. The number of carbonyl (C=O) groups is 1. The van der Waals surface area contributed by atoms with Crippen molar-refractivity contribution >= 4 is 5.97 Å². The van der Waals surface area contributed by atoms with Crippen LogP contribution in [-0.2, 0) is 19.0 Å². The molecule has 0 aliphatic carbocycles. The Morgan fingerprint density at radius 2 is 1.83 bits per heavy atom. The molecule has 1 aromatic rings. The normalized spacial score (nSPS) is 24.0. The van der Waals surface area contributed by atoms with Crippen molar-refractivity contribution in [3.63, 3.8) is 0 Å². The first-order chi connectivity index (χ1) is 10.9. The third-order valence-electron chi connectivity index (χ3n) is 3.52. The van der Waals surface area contributed by atoms with Gasteiger partial charge in [0.25, 0.3) is 0 Å². The number of esters is 1. The summed E-state index contributed by atoms with van der Waals surface area (Å²) in [4.78, 5) is 11.7. The molecule has 1 aliphatic heterocycles. The third-order valence-corrected chi connectivity index (χ3v) is 3.52. The number of hydrogen-bond donors (Lipinski definition) is 1. The minimum absolute atomic E-state index is 0.200. The number of rotatable bonds is 6. The molecule has 0 bridgehead atoms. The highest BCUT2D eigenvalue weighted by atomic mass is 16.8. The molecule has 1 aliphatic rings. The predicted molar refractivity (Wildman–Crippen MR) is 82.3 cm³/mol. The Balaban J connectivity index is 2.01. The van der Waals surface area contributed by atoms with Crippen LogP contribution in [0.2, 0.25) is 0 Å². The lowest BCUT2D eigenvalue weighted by Gasteiger charge is -2.21. The fourth-order valence-electron chi connectivity index (χ4n) is 2.42. The summed E-state index contributed by atoms with van der Waals surface area (Å²) in [7, 11) is 2.88. The van der Waals surface area contributed by atoms with E-state index in [2.05, 4.69) is 4.74 Å². The molecule has 3 atom stereocenters. The average molecular weight is 325 g/mol. The van der Waals surface area contributed by atoms with Gasteiger partial charge in [0.2, 0.25) is 0 Å². The zero-order valence-corrected chi connectivity index (χ0v) is 13.8. The van der Waals surface area contributed by atoms with Gasteiger partial charge in [-0.05, 0) is 38.1 Å². The van der Waals surface area contributed by atoms with Crippen LogP contribution >= 0.6 is 0 Å². The van der Waals surface area contributed by atoms with Crippen LogP contribution in [0.15, 0.2) is 24.3 Å². The van der Waals surface area contributed by atoms with Crippen molar-refractivity contribution in [1.82, 2.24) is 0 Å². The first-order valence-corrected chi connectivity index (χ1v) is 7.32. The number of carbonyl (C=O) groups excluding carboxylic acids is 1. The monoisotopic (exact) mass is 325 g/mol. The maximum absolute atomic E-state index is 11.7. The zero-order valence-electron chi connectivity index (χ0n) is 13.8. The second kappa shape index (κ2) is 7.16. The number of ether oxygens (including phenoxy) is 5. The van der Waals surface area contributed by atoms with E-state index in [1.54, 1.807) is 45.2 Å². The maximum atomic E-state index is 11.7. The van der Waals surface area contributed by atoms with E-state index in [0.29, 0.717) is 5.75 Å². The van der Waals surface area contributed by atoms with Crippen LogP contribution in [0.1, 0.15) is 13.8 Å². The quantitative estimate of drug-likeness (QED) is 0.783. The van der Waals surface area contributed by atoms with Crippen molar-refractivity contribution in [3.05, 3.63) is 24.3 Å². The molecule has 1 heterocycles. The van der Waals surface area contributed by atoms with E-state index < -0.39 is 30.0 Å². The fourth-order valence-corrected chi connectivity index (χ4v) is 2.42. The summed E-state index contributed by atoms with van der Waals surface area (Å²) in [6.07, 6.45) is -1.13. The molecular weight excluding hydrogens is 302 g/mol. The second-order valence-corrected chi connectivity index (χ2v) is 5.67. The Labute approximate surface area is 135 Å². The van der Waals surface area contributed by atoms with Crippen LogP contribution in [0.3, 0.4) is 0 Å². The topological polar surface area (TPSA) is 89.2 Å². The van der Waals surface area contributed by atoms with Crippen LogP contribution in [0, 0.1) is 0 Å². The zero-order chi connectivity index (χ0) is 17.0. The first-order valence-electron chi connectivity index (χ1n) is 7.32. The van der Waals surface area contributed by atoms with Crippen LogP contribution in [0.25, 0.3) is 0 Å². The summed E-state index contributed by atoms with van der Waals surface area (Å²) < 4.78 is 27.0. The highest BCUT2D eigenvalue weighted by molar-refractivity contribution is 5.76. The number of benzene rings is 1. The predicted octanol–water partition coefficient (Wildman–Crippen LogP) is 1.09. The Kier molecular flexibility index (Phi) is 5.46. The van der Waals surface area contributed by atoms with Crippen molar-refractivity contribution in [3.8, 4) is 11.5 Å². The minimum atomic E-state index is -0.939. The summed E-state index contributed by atoms with van der Waals surface area (Å²) in [5.74, 6) is 0.00399. The van der Waals surface area contributed by atoms with Gasteiger partial charge in [0.05, 0.1) is 14.2 Å². The molecule has 2 rings (SSSR count). The molecule has 0 saturated carbocycles. The number of nitrogens with two attached hydrogens (primary N) is 1. The fraction of sp³-hybridized carbons (Fsp3) is 0.562. The van der Waals surface area contributed by atoms with Gasteiger partial charge in [0, 0.05) is 0 Å². The first kappa shape index (κ1) is 17.5. The molecule has 1 aromatic carbocycles. The lowest BCUT2D eigenvalue weighted by atomic mass is 10.1. The average Bonchev–Trinajstić information content (AvgIpc) is 2.86. The summed E-state index contributed by atoms with van der Waals surface area (Å²) in [5, 5.41) is 0. The van der Waals surface area contributed by atoms with Gasteiger partial charge >= 0.3 is 5.97 Å². The maximum Gasteiger partial charge on any atom is 0.325 e. The van der Waals surface area contributed by atoms with Crippen LogP contribution in [0.5, 0.6) is 11.5 Å². The lowest BCUT2D eigenvalue weighted by molar-refractivity contribution is -0.157. The van der Waals surface area contributed by atoms with Crippen molar-refractivity contribution < 1.29 is 28.5 Å². The molecule has 7 nitrogen and oxygen atoms in total. The highest BCUT2D eigenvalue weighted by Gasteiger charge is 2.47. The lowest BCUT2D eigenvalue weighted by Crippen LogP contribution is -2.49. The van der Waals surface area contributed by atoms with Gasteiger partial charge in [0.15, 0.2) is 5.79 Å². The molecule has 0 spiro atoms. The van der Waals surface area contributed by atoms with E-state index >= 15 is 0 Å². The van der Waals surface area contributed by atoms with Crippen LogP contribution < -0.4 is 15.2 Å². The minimum Gasteiger partial charge on any atom is -0.497 e. The molecule has 7 heteroatoms. The number of methoxy groups -OCH3 is 2. The van der Waals surface area contributed by atoms with E-state index in [-0.39, 0.29) is 6.61 Å². The largest absolute Gasteiger partial charge is 0.497 e. The smallest absolute Gasteiger partial charge is 0.325 e. The standard InChI is InChI=1S/C16H23NO6/c1-16(2)22-12(14(23-16)13(17)15(18)20-4)9-21-11-7-5-10(19-3)6-8-11/h5-8,12-14H,9,17H2,1-4H3/t12-,13+,14+/m1/s1. The molecule has 23 heavy (non-hydrogen) atoms. The molecule has 0 radical (unpaired) electrons. The summed E-state index contributed by atoms with van der Waals surface area (Å²) in [6.45, 7) is 3.72. The molecular formula is C16H23NO6. The van der Waals surface area contributed by atoms with E-state index in [0.717, 1.165) is 5.75 Å². The molecule has 0 unspecified atom stereocenters. The second-order valence-electron chi connectivity index (χ2n) is 5.67. The van der Waals surface area contributed by atoms with Gasteiger partial charge < -0.3 is 29.4 Å². The molecule has 2 N–H and O–H groups in total. The van der Waals surface area contributed by atoms with E-state index in [9.17, 15) is 4.79 Å². The van der Waals surface area contributed by atoms with Crippen molar-refractivity contribution in [2.45, 2.75) is 37.9 Å². The summed E-state index contributed by atoms with van der Waals surface area (Å²) in [6, 6.07) is 6.22. The number of hydrogen-bond acceptors (Lipinski definition) is 7. The van der Waals surface area contributed by atoms with Crippen LogP contribution in [0.4, 0.5) is 0 Å². The van der Waals surface area contributed by atoms with Crippen molar-refractivity contribution in [1.29, 1.82) is 0 Å². The van der Waals surface area contributed by atoms with Gasteiger partial charge in [-0.2, -0.15) is 0 Å². The van der Waals surface area contributed by atoms with Gasteiger partial charge in [0.1, 0.15) is 36.4 Å².